The molecule has 0 fully saturated rings. The van der Waals surface area contributed by atoms with E-state index >= 15 is 0 Å². The highest BCUT2D eigenvalue weighted by atomic mass is 79.9. The second-order valence-corrected chi connectivity index (χ2v) is 6.98. The topological polar surface area (TPSA) is 25.8 Å². The van der Waals surface area contributed by atoms with Crippen LogP contribution in [0.25, 0.3) is 11.4 Å². The van der Waals surface area contributed by atoms with E-state index in [9.17, 15) is 0 Å². The molecule has 0 aliphatic rings. The molecule has 0 atom stereocenters. The number of halogens is 2. The maximum atomic E-state index is 4.50. The predicted octanol–water partition coefficient (Wildman–Crippen LogP) is 5.58. The molecule has 2 heterocycles. The Labute approximate surface area is 150 Å². The van der Waals surface area contributed by atoms with Gasteiger partial charge in [-0.1, -0.05) is 31.9 Å². The molecule has 0 saturated heterocycles. The zero-order valence-electron chi connectivity index (χ0n) is 12.8. The van der Waals surface area contributed by atoms with Crippen molar-refractivity contribution in [1.29, 1.82) is 0 Å². The third kappa shape index (κ3) is 5.81. The van der Waals surface area contributed by atoms with E-state index in [1.54, 1.807) is 0 Å². The molecule has 0 aromatic carbocycles. The van der Waals surface area contributed by atoms with E-state index in [0.29, 0.717) is 0 Å². The Morgan fingerprint density at radius 3 is 1.55 bits per heavy atom. The average Bonchev–Trinajstić information content (AvgIpc) is 2.56. The number of hydrogen-bond acceptors (Lipinski definition) is 2. The Kier molecular flexibility index (Phi) is 8.10. The Hall–Kier alpha value is -0.740. The molecule has 4 heteroatoms. The zero-order valence-corrected chi connectivity index (χ0v) is 15.9. The van der Waals surface area contributed by atoms with Crippen LogP contribution in [0.4, 0.5) is 0 Å². The summed E-state index contributed by atoms with van der Waals surface area (Å²) < 4.78 is 0. The molecular formula is C18H22Br2N2. The maximum absolute atomic E-state index is 4.50. The normalized spacial score (nSPS) is 10.8. The van der Waals surface area contributed by atoms with Gasteiger partial charge in [0, 0.05) is 23.1 Å². The summed E-state index contributed by atoms with van der Waals surface area (Å²) in [4.78, 5) is 8.99. The molecule has 0 N–H and O–H groups in total. The maximum Gasteiger partial charge on any atom is 0.0888 e. The van der Waals surface area contributed by atoms with Crippen molar-refractivity contribution in [3.8, 4) is 11.4 Å². The van der Waals surface area contributed by atoms with Crippen LogP contribution in [0.15, 0.2) is 36.7 Å². The second-order valence-electron chi connectivity index (χ2n) is 5.39. The smallest absolute Gasteiger partial charge is 0.0888 e. The summed E-state index contributed by atoms with van der Waals surface area (Å²) in [5.74, 6) is 0. The quantitative estimate of drug-likeness (QED) is 0.387. The van der Waals surface area contributed by atoms with Gasteiger partial charge >= 0.3 is 0 Å². The van der Waals surface area contributed by atoms with Crippen LogP contribution in [0.1, 0.15) is 36.8 Å². The first kappa shape index (κ1) is 17.6. The van der Waals surface area contributed by atoms with E-state index in [1.165, 1.54) is 36.8 Å². The van der Waals surface area contributed by atoms with Crippen molar-refractivity contribution in [1.82, 2.24) is 9.97 Å². The van der Waals surface area contributed by atoms with E-state index in [2.05, 4.69) is 66.1 Å². The van der Waals surface area contributed by atoms with Crippen LogP contribution in [0, 0.1) is 0 Å². The predicted molar refractivity (Wildman–Crippen MR) is 101 cm³/mol. The Bertz CT molecular complexity index is 521. The molecule has 0 amide bonds. The Morgan fingerprint density at radius 2 is 1.14 bits per heavy atom. The van der Waals surface area contributed by atoms with Crippen LogP contribution in [0.3, 0.4) is 0 Å². The number of alkyl halides is 2. The lowest BCUT2D eigenvalue weighted by Crippen LogP contribution is -1.94. The average molecular weight is 426 g/mol. The van der Waals surface area contributed by atoms with Crippen LogP contribution < -0.4 is 0 Å². The summed E-state index contributed by atoms with van der Waals surface area (Å²) in [6.45, 7) is 0. The SMILES string of the molecule is BrCCCCc1ccnc(-c2cc(CCCCBr)ccn2)c1. The minimum atomic E-state index is 0.985. The number of pyridine rings is 2. The Balaban J connectivity index is 2.07. The van der Waals surface area contributed by atoms with Gasteiger partial charge in [-0.15, -0.1) is 0 Å². The summed E-state index contributed by atoms with van der Waals surface area (Å²) in [7, 11) is 0. The molecule has 0 aliphatic carbocycles. The van der Waals surface area contributed by atoms with Gasteiger partial charge in [0.25, 0.3) is 0 Å². The molecule has 0 unspecified atom stereocenters. The summed E-state index contributed by atoms with van der Waals surface area (Å²) in [6.07, 6.45) is 10.8. The van der Waals surface area contributed by atoms with Crippen molar-refractivity contribution in [3.63, 3.8) is 0 Å². The molecule has 0 aliphatic heterocycles. The molecule has 0 spiro atoms. The van der Waals surface area contributed by atoms with Crippen molar-refractivity contribution < 1.29 is 0 Å². The summed E-state index contributed by atoms with van der Waals surface area (Å²) >= 11 is 6.97. The van der Waals surface area contributed by atoms with Crippen molar-refractivity contribution in [2.75, 3.05) is 10.7 Å². The Morgan fingerprint density at radius 1 is 0.682 bits per heavy atom. The second kappa shape index (κ2) is 10.1. The number of unbranched alkanes of at least 4 members (excludes halogenated alkanes) is 2. The minimum Gasteiger partial charge on any atom is -0.255 e. The molecule has 0 radical (unpaired) electrons. The highest BCUT2D eigenvalue weighted by molar-refractivity contribution is 9.09. The van der Waals surface area contributed by atoms with Gasteiger partial charge in [-0.3, -0.25) is 9.97 Å². The highest BCUT2D eigenvalue weighted by Gasteiger charge is 2.04. The molecule has 2 aromatic heterocycles. The van der Waals surface area contributed by atoms with Gasteiger partial charge in [0.05, 0.1) is 11.4 Å². The molecule has 2 nitrogen and oxygen atoms in total. The first-order chi connectivity index (χ1) is 10.8. The standard InChI is InChI=1S/C18H22Br2N2/c19-9-3-1-5-15-7-11-21-17(13-15)18-14-16(8-12-22-18)6-2-4-10-20/h7-8,11-14H,1-6,9-10H2. The highest BCUT2D eigenvalue weighted by Crippen LogP contribution is 2.19. The van der Waals surface area contributed by atoms with Crippen LogP contribution in [-0.4, -0.2) is 20.6 Å². The first-order valence-electron chi connectivity index (χ1n) is 7.85. The number of aromatic nitrogens is 2. The fraction of sp³-hybridized carbons (Fsp3) is 0.444. The van der Waals surface area contributed by atoms with Gasteiger partial charge in [-0.2, -0.15) is 0 Å². The molecule has 22 heavy (non-hydrogen) atoms. The van der Waals surface area contributed by atoms with Gasteiger partial charge in [0.15, 0.2) is 0 Å². The van der Waals surface area contributed by atoms with Crippen molar-refractivity contribution in [2.24, 2.45) is 0 Å². The van der Waals surface area contributed by atoms with Crippen molar-refractivity contribution in [2.45, 2.75) is 38.5 Å². The third-order valence-electron chi connectivity index (χ3n) is 3.61. The van der Waals surface area contributed by atoms with Crippen LogP contribution in [0.5, 0.6) is 0 Å². The molecular weight excluding hydrogens is 404 g/mol. The third-order valence-corrected chi connectivity index (χ3v) is 4.73. The minimum absolute atomic E-state index is 0.985. The number of aryl methyl sites for hydroxylation is 2. The summed E-state index contributed by atoms with van der Waals surface area (Å²) in [5.41, 5.74) is 4.66. The molecule has 0 bridgehead atoms. The van der Waals surface area contributed by atoms with Crippen LogP contribution in [-0.2, 0) is 12.8 Å². The van der Waals surface area contributed by atoms with E-state index in [1.807, 2.05) is 12.4 Å². The van der Waals surface area contributed by atoms with E-state index < -0.39 is 0 Å². The largest absolute Gasteiger partial charge is 0.255 e. The monoisotopic (exact) mass is 424 g/mol. The lowest BCUT2D eigenvalue weighted by Gasteiger charge is -2.06. The fourth-order valence-electron chi connectivity index (χ4n) is 2.39. The summed E-state index contributed by atoms with van der Waals surface area (Å²) in [5, 5.41) is 2.14. The molecule has 118 valence electrons. The van der Waals surface area contributed by atoms with E-state index in [0.717, 1.165) is 34.9 Å². The molecule has 2 aromatic rings. The van der Waals surface area contributed by atoms with E-state index in [-0.39, 0.29) is 0 Å². The van der Waals surface area contributed by atoms with Crippen LogP contribution >= 0.6 is 31.9 Å². The van der Waals surface area contributed by atoms with Crippen molar-refractivity contribution >= 4 is 31.9 Å². The number of hydrogen-bond donors (Lipinski definition) is 0. The van der Waals surface area contributed by atoms with Gasteiger partial charge < -0.3 is 0 Å². The molecule has 2 rings (SSSR count). The summed E-state index contributed by atoms with van der Waals surface area (Å²) in [6, 6.07) is 8.58. The first-order valence-corrected chi connectivity index (χ1v) is 10.1. The lowest BCUT2D eigenvalue weighted by molar-refractivity contribution is 0.803. The van der Waals surface area contributed by atoms with Crippen molar-refractivity contribution in [3.05, 3.63) is 47.8 Å². The zero-order chi connectivity index (χ0) is 15.6. The van der Waals surface area contributed by atoms with Gasteiger partial charge in [-0.05, 0) is 73.9 Å². The lowest BCUT2D eigenvalue weighted by atomic mass is 10.1. The van der Waals surface area contributed by atoms with E-state index in [4.69, 9.17) is 0 Å². The number of rotatable bonds is 9. The fourth-order valence-corrected chi connectivity index (χ4v) is 3.18. The van der Waals surface area contributed by atoms with Gasteiger partial charge in [-0.25, -0.2) is 0 Å². The molecule has 0 saturated carbocycles. The number of nitrogens with zero attached hydrogens (tertiary/aromatic N) is 2. The van der Waals surface area contributed by atoms with Gasteiger partial charge in [0.1, 0.15) is 0 Å². The van der Waals surface area contributed by atoms with Crippen LogP contribution in [0.2, 0.25) is 0 Å². The van der Waals surface area contributed by atoms with Gasteiger partial charge in [0.2, 0.25) is 0 Å².